The molecule has 0 bridgehead atoms. The third-order valence-corrected chi connectivity index (χ3v) is 4.11. The number of aliphatic hydroxyl groups is 1. The normalized spacial score (nSPS) is 20.6. The van der Waals surface area contributed by atoms with Gasteiger partial charge in [0.25, 0.3) is 0 Å². The second-order valence-electron chi connectivity index (χ2n) is 6.02. The molecule has 0 saturated carbocycles. The van der Waals surface area contributed by atoms with Crippen LogP contribution in [0.15, 0.2) is 24.3 Å². The summed E-state index contributed by atoms with van der Waals surface area (Å²) in [7, 11) is 0. The lowest BCUT2D eigenvalue weighted by atomic mass is 10.0. The summed E-state index contributed by atoms with van der Waals surface area (Å²) in [5.41, 5.74) is 6.65. The standard InChI is InChI=1S/C17H28N2O2/c1-2-4-14-7-8-19(11-14)12-16(20)13-21-17-6-3-5-15(9-17)10-18/h3,5-6,9,14,16,20H,2,4,7-8,10-13,18H2,1H3. The highest BCUT2D eigenvalue weighted by Crippen LogP contribution is 2.21. The summed E-state index contributed by atoms with van der Waals surface area (Å²) in [6.07, 6.45) is 3.38. The van der Waals surface area contributed by atoms with Crippen LogP contribution in [0.3, 0.4) is 0 Å². The number of ether oxygens (including phenoxy) is 1. The Bertz CT molecular complexity index is 425. The molecule has 1 aliphatic rings. The number of hydrogen-bond acceptors (Lipinski definition) is 4. The van der Waals surface area contributed by atoms with Crippen molar-refractivity contribution in [2.75, 3.05) is 26.2 Å². The summed E-state index contributed by atoms with van der Waals surface area (Å²) in [6, 6.07) is 7.74. The number of β-amino-alcohol motifs (C(OH)–C–C–N with tert-alkyl or cyclic N) is 1. The highest BCUT2D eigenvalue weighted by molar-refractivity contribution is 5.28. The summed E-state index contributed by atoms with van der Waals surface area (Å²) in [4.78, 5) is 2.35. The van der Waals surface area contributed by atoms with Gasteiger partial charge in [-0.05, 0) is 43.0 Å². The molecule has 21 heavy (non-hydrogen) atoms. The molecule has 2 atom stereocenters. The quantitative estimate of drug-likeness (QED) is 0.769. The number of rotatable bonds is 8. The highest BCUT2D eigenvalue weighted by atomic mass is 16.5. The lowest BCUT2D eigenvalue weighted by Crippen LogP contribution is -2.34. The number of nitrogens with two attached hydrogens (primary N) is 1. The van der Waals surface area contributed by atoms with E-state index in [1.807, 2.05) is 24.3 Å². The zero-order valence-corrected chi connectivity index (χ0v) is 13.0. The first-order valence-electron chi connectivity index (χ1n) is 8.03. The van der Waals surface area contributed by atoms with Gasteiger partial charge < -0.3 is 20.5 Å². The van der Waals surface area contributed by atoms with E-state index in [1.54, 1.807) is 0 Å². The predicted octanol–water partition coefficient (Wildman–Crippen LogP) is 2.01. The van der Waals surface area contributed by atoms with Crippen molar-refractivity contribution in [2.45, 2.75) is 38.8 Å². The predicted molar refractivity (Wildman–Crippen MR) is 85.3 cm³/mol. The fourth-order valence-electron chi connectivity index (χ4n) is 3.03. The van der Waals surface area contributed by atoms with Crippen LogP contribution in [0.1, 0.15) is 31.7 Å². The van der Waals surface area contributed by atoms with Crippen molar-refractivity contribution in [3.63, 3.8) is 0 Å². The Labute approximate surface area is 127 Å². The topological polar surface area (TPSA) is 58.7 Å². The second-order valence-corrected chi connectivity index (χ2v) is 6.02. The maximum atomic E-state index is 10.1. The van der Waals surface area contributed by atoms with Gasteiger partial charge >= 0.3 is 0 Å². The third kappa shape index (κ3) is 5.30. The van der Waals surface area contributed by atoms with Gasteiger partial charge in [0.1, 0.15) is 18.5 Å². The van der Waals surface area contributed by atoms with E-state index in [2.05, 4.69) is 11.8 Å². The van der Waals surface area contributed by atoms with Crippen molar-refractivity contribution in [3.8, 4) is 5.75 Å². The van der Waals surface area contributed by atoms with Crippen molar-refractivity contribution in [1.29, 1.82) is 0 Å². The lowest BCUT2D eigenvalue weighted by molar-refractivity contribution is 0.0745. The average Bonchev–Trinajstić information content (AvgIpc) is 2.93. The number of hydrogen-bond donors (Lipinski definition) is 2. The van der Waals surface area contributed by atoms with Crippen LogP contribution in [0.5, 0.6) is 5.75 Å². The Hall–Kier alpha value is -1.10. The summed E-state index contributed by atoms with van der Waals surface area (Å²) < 4.78 is 5.66. The largest absolute Gasteiger partial charge is 0.491 e. The van der Waals surface area contributed by atoms with Gasteiger partial charge in [0.15, 0.2) is 0 Å². The zero-order valence-electron chi connectivity index (χ0n) is 13.0. The minimum atomic E-state index is -0.438. The molecule has 0 aliphatic carbocycles. The van der Waals surface area contributed by atoms with Crippen LogP contribution in [0.25, 0.3) is 0 Å². The van der Waals surface area contributed by atoms with Crippen LogP contribution >= 0.6 is 0 Å². The van der Waals surface area contributed by atoms with Crippen molar-refractivity contribution in [3.05, 3.63) is 29.8 Å². The molecule has 1 saturated heterocycles. The van der Waals surface area contributed by atoms with Crippen LogP contribution in [0.2, 0.25) is 0 Å². The van der Waals surface area contributed by atoms with E-state index in [0.717, 1.165) is 30.3 Å². The second kappa shape index (κ2) is 8.37. The molecule has 1 fully saturated rings. The first-order chi connectivity index (χ1) is 10.2. The maximum Gasteiger partial charge on any atom is 0.119 e. The zero-order chi connectivity index (χ0) is 15.1. The van der Waals surface area contributed by atoms with Gasteiger partial charge in [-0.15, -0.1) is 0 Å². The molecule has 4 nitrogen and oxygen atoms in total. The Balaban J connectivity index is 1.71. The van der Waals surface area contributed by atoms with Crippen LogP contribution in [0, 0.1) is 5.92 Å². The van der Waals surface area contributed by atoms with Crippen molar-refractivity contribution >= 4 is 0 Å². The number of nitrogens with zero attached hydrogens (tertiary/aromatic N) is 1. The van der Waals surface area contributed by atoms with Crippen molar-refractivity contribution in [2.24, 2.45) is 11.7 Å². The molecule has 0 spiro atoms. The van der Waals surface area contributed by atoms with Crippen LogP contribution < -0.4 is 10.5 Å². The maximum absolute atomic E-state index is 10.1. The third-order valence-electron chi connectivity index (χ3n) is 4.11. The van der Waals surface area contributed by atoms with E-state index < -0.39 is 6.10 Å². The van der Waals surface area contributed by atoms with Crippen molar-refractivity contribution < 1.29 is 9.84 Å². The summed E-state index contributed by atoms with van der Waals surface area (Å²) in [5, 5.41) is 10.1. The number of benzene rings is 1. The van der Waals surface area contributed by atoms with E-state index >= 15 is 0 Å². The first kappa shape index (κ1) is 16.3. The Morgan fingerprint density at radius 3 is 3.10 bits per heavy atom. The van der Waals surface area contributed by atoms with Crippen LogP contribution in [0.4, 0.5) is 0 Å². The molecule has 4 heteroatoms. The molecular weight excluding hydrogens is 264 g/mol. The molecule has 1 aromatic rings. The minimum absolute atomic E-state index is 0.336. The number of aliphatic hydroxyl groups excluding tert-OH is 1. The molecule has 0 aromatic heterocycles. The van der Waals surface area contributed by atoms with E-state index in [9.17, 15) is 5.11 Å². The van der Waals surface area contributed by atoms with E-state index in [-0.39, 0.29) is 0 Å². The monoisotopic (exact) mass is 292 g/mol. The highest BCUT2D eigenvalue weighted by Gasteiger charge is 2.23. The molecule has 118 valence electrons. The van der Waals surface area contributed by atoms with E-state index in [1.165, 1.54) is 19.3 Å². The van der Waals surface area contributed by atoms with Gasteiger partial charge in [-0.3, -0.25) is 0 Å². The van der Waals surface area contributed by atoms with Gasteiger partial charge in [-0.2, -0.15) is 0 Å². The van der Waals surface area contributed by atoms with Gasteiger partial charge in [0.05, 0.1) is 0 Å². The van der Waals surface area contributed by atoms with Crippen molar-refractivity contribution in [1.82, 2.24) is 4.90 Å². The summed E-state index contributed by atoms with van der Waals surface area (Å²) in [6.45, 7) is 6.00. The molecule has 0 radical (unpaired) electrons. The lowest BCUT2D eigenvalue weighted by Gasteiger charge is -2.20. The fourth-order valence-corrected chi connectivity index (χ4v) is 3.03. The fraction of sp³-hybridized carbons (Fsp3) is 0.647. The van der Waals surface area contributed by atoms with Gasteiger partial charge in [0.2, 0.25) is 0 Å². The Kier molecular flexibility index (Phi) is 6.49. The molecule has 1 aromatic carbocycles. The molecular formula is C17H28N2O2. The molecule has 0 amide bonds. The summed E-state index contributed by atoms with van der Waals surface area (Å²) in [5.74, 6) is 1.59. The van der Waals surface area contributed by atoms with Crippen LogP contribution in [-0.2, 0) is 6.54 Å². The van der Waals surface area contributed by atoms with Gasteiger partial charge in [-0.25, -0.2) is 0 Å². The van der Waals surface area contributed by atoms with E-state index in [0.29, 0.717) is 19.7 Å². The SMILES string of the molecule is CCCC1CCN(CC(O)COc2cccc(CN)c2)C1. The molecule has 1 heterocycles. The van der Waals surface area contributed by atoms with Gasteiger partial charge in [-0.1, -0.05) is 25.5 Å². The average molecular weight is 292 g/mol. The molecule has 1 aliphatic heterocycles. The molecule has 3 N–H and O–H groups in total. The minimum Gasteiger partial charge on any atom is -0.491 e. The smallest absolute Gasteiger partial charge is 0.119 e. The Morgan fingerprint density at radius 2 is 2.33 bits per heavy atom. The van der Waals surface area contributed by atoms with Gasteiger partial charge in [0, 0.05) is 19.6 Å². The number of likely N-dealkylation sites (tertiary alicyclic amines) is 1. The van der Waals surface area contributed by atoms with E-state index in [4.69, 9.17) is 10.5 Å². The first-order valence-corrected chi connectivity index (χ1v) is 8.03. The Morgan fingerprint density at radius 1 is 1.48 bits per heavy atom. The molecule has 2 unspecified atom stereocenters. The van der Waals surface area contributed by atoms with Crippen LogP contribution in [-0.4, -0.2) is 42.4 Å². The summed E-state index contributed by atoms with van der Waals surface area (Å²) >= 11 is 0. The molecule has 2 rings (SSSR count).